The molecule has 32 heavy (non-hydrogen) atoms. The molecule has 2 amide bonds. The summed E-state index contributed by atoms with van der Waals surface area (Å²) in [5.74, 6) is 0.568. The number of primary amides is 1. The van der Waals surface area contributed by atoms with Crippen LogP contribution in [0.15, 0.2) is 48.8 Å². The molecular weight excluding hydrogens is 412 g/mol. The van der Waals surface area contributed by atoms with Crippen LogP contribution in [0, 0.1) is 5.92 Å². The zero-order chi connectivity index (χ0) is 22.7. The molecule has 0 saturated heterocycles. The van der Waals surface area contributed by atoms with E-state index in [4.69, 9.17) is 19.9 Å². The molecule has 166 valence electrons. The lowest BCUT2D eigenvalue weighted by atomic mass is 9.95. The maximum Gasteiger partial charge on any atom is 0.258 e. The molecule has 1 aliphatic rings. The van der Waals surface area contributed by atoms with Crippen molar-refractivity contribution >= 4 is 17.5 Å². The molecule has 4 rings (SSSR count). The first-order chi connectivity index (χ1) is 15.4. The number of rotatable bonds is 7. The molecule has 0 spiro atoms. The number of hydrogen-bond acceptors (Lipinski definition) is 6. The number of fused-ring (bicyclic) bond motifs is 1. The van der Waals surface area contributed by atoms with Gasteiger partial charge in [0.2, 0.25) is 5.91 Å². The number of methoxy groups -OCH3 is 1. The summed E-state index contributed by atoms with van der Waals surface area (Å²) in [5.41, 5.74) is 8.35. The van der Waals surface area contributed by atoms with Crippen LogP contribution in [-0.2, 0) is 16.0 Å². The van der Waals surface area contributed by atoms with Crippen LogP contribution >= 0.6 is 0 Å². The monoisotopic (exact) mass is 436 g/mol. The van der Waals surface area contributed by atoms with Gasteiger partial charge in [-0.15, -0.1) is 0 Å². The topological polar surface area (TPSA) is 129 Å². The summed E-state index contributed by atoms with van der Waals surface area (Å²) >= 11 is 0. The largest absolute Gasteiger partial charge is 0.497 e. The van der Waals surface area contributed by atoms with Crippen LogP contribution in [0.5, 0.6) is 17.2 Å². The highest BCUT2D eigenvalue weighted by Crippen LogP contribution is 2.34. The Kier molecular flexibility index (Phi) is 5.98. The Morgan fingerprint density at radius 1 is 1.25 bits per heavy atom. The van der Waals surface area contributed by atoms with Crippen LogP contribution in [0.1, 0.15) is 12.5 Å². The summed E-state index contributed by atoms with van der Waals surface area (Å²) in [4.78, 5) is 24.6. The second kappa shape index (κ2) is 9.01. The van der Waals surface area contributed by atoms with Gasteiger partial charge in [-0.3, -0.25) is 14.7 Å². The predicted octanol–water partition coefficient (Wildman–Crippen LogP) is 2.53. The highest BCUT2D eigenvalue weighted by atomic mass is 16.5. The number of nitrogens with two attached hydrogens (primary N) is 1. The lowest BCUT2D eigenvalue weighted by Crippen LogP contribution is -2.33. The molecule has 1 aliphatic heterocycles. The summed E-state index contributed by atoms with van der Waals surface area (Å²) in [5, 5.41) is 9.61. The second-order valence-corrected chi connectivity index (χ2v) is 7.54. The lowest BCUT2D eigenvalue weighted by Gasteiger charge is -2.25. The fraction of sp³-hybridized carbons (Fsp3) is 0.261. The molecule has 0 unspecified atom stereocenters. The van der Waals surface area contributed by atoms with Gasteiger partial charge in [0.15, 0.2) is 6.10 Å². The van der Waals surface area contributed by atoms with Crippen molar-refractivity contribution in [3.8, 4) is 28.4 Å². The molecule has 0 fully saturated rings. The smallest absolute Gasteiger partial charge is 0.258 e. The van der Waals surface area contributed by atoms with Crippen LogP contribution in [-0.4, -0.2) is 41.8 Å². The van der Waals surface area contributed by atoms with E-state index in [-0.39, 0.29) is 12.5 Å². The van der Waals surface area contributed by atoms with E-state index in [1.165, 1.54) is 0 Å². The fourth-order valence-electron chi connectivity index (χ4n) is 3.46. The molecule has 0 saturated carbocycles. The number of amides is 2. The summed E-state index contributed by atoms with van der Waals surface area (Å²) in [7, 11) is 1.59. The molecule has 3 aromatic rings. The lowest BCUT2D eigenvalue weighted by molar-refractivity contribution is -0.124. The standard InChI is InChI=1S/C23H24N4O5/c1-13(22(24)28)32-21-9-14(17-10-25-26-11-17)3-5-19(21)27-23(29)16-7-15-8-18(30-2)4-6-20(15)31-12-16/h3-6,8-11,13,16H,7,12H2,1-2H3,(H2,24,28)(H,25,26)(H,27,29)/t13-,16-/m1/s1. The van der Waals surface area contributed by atoms with Gasteiger partial charge in [0, 0.05) is 11.8 Å². The van der Waals surface area contributed by atoms with Gasteiger partial charge in [-0.05, 0) is 54.8 Å². The number of anilines is 1. The van der Waals surface area contributed by atoms with E-state index in [1.54, 1.807) is 38.6 Å². The summed E-state index contributed by atoms with van der Waals surface area (Å²) in [6.07, 6.45) is 3.04. The fourth-order valence-corrected chi connectivity index (χ4v) is 3.46. The number of carbonyl (C=O) groups is 2. The van der Waals surface area contributed by atoms with Gasteiger partial charge in [0.05, 0.1) is 24.9 Å². The first kappa shape index (κ1) is 21.2. The third-order valence-corrected chi connectivity index (χ3v) is 5.32. The molecule has 0 aliphatic carbocycles. The van der Waals surface area contributed by atoms with Gasteiger partial charge in [-0.2, -0.15) is 5.10 Å². The minimum atomic E-state index is -0.873. The van der Waals surface area contributed by atoms with E-state index in [9.17, 15) is 9.59 Å². The Morgan fingerprint density at radius 2 is 2.09 bits per heavy atom. The number of carbonyl (C=O) groups excluding carboxylic acids is 2. The highest BCUT2D eigenvalue weighted by molar-refractivity contribution is 5.95. The first-order valence-corrected chi connectivity index (χ1v) is 10.1. The molecule has 1 aromatic heterocycles. The molecule has 2 atom stereocenters. The zero-order valence-corrected chi connectivity index (χ0v) is 17.8. The van der Waals surface area contributed by atoms with E-state index < -0.39 is 17.9 Å². The van der Waals surface area contributed by atoms with Crippen molar-refractivity contribution in [2.24, 2.45) is 11.7 Å². The van der Waals surface area contributed by atoms with E-state index in [0.717, 1.165) is 22.4 Å². The normalized spacial score (nSPS) is 15.8. The Balaban J connectivity index is 1.55. The van der Waals surface area contributed by atoms with E-state index in [1.807, 2.05) is 24.3 Å². The van der Waals surface area contributed by atoms with Gasteiger partial charge in [-0.1, -0.05) is 6.07 Å². The van der Waals surface area contributed by atoms with E-state index in [2.05, 4.69) is 15.5 Å². The van der Waals surface area contributed by atoms with Gasteiger partial charge in [0.25, 0.3) is 5.91 Å². The molecule has 0 radical (unpaired) electrons. The van der Waals surface area contributed by atoms with Crippen molar-refractivity contribution in [1.29, 1.82) is 0 Å². The van der Waals surface area contributed by atoms with Crippen molar-refractivity contribution in [1.82, 2.24) is 10.2 Å². The second-order valence-electron chi connectivity index (χ2n) is 7.54. The Hall–Kier alpha value is -4.01. The number of aromatic nitrogens is 2. The van der Waals surface area contributed by atoms with Crippen LogP contribution in [0.4, 0.5) is 5.69 Å². The molecular formula is C23H24N4O5. The third-order valence-electron chi connectivity index (χ3n) is 5.32. The molecule has 4 N–H and O–H groups in total. The summed E-state index contributed by atoms with van der Waals surface area (Å²) < 4.78 is 16.8. The maximum absolute atomic E-state index is 13.0. The Bertz CT molecular complexity index is 1130. The molecule has 9 nitrogen and oxygen atoms in total. The maximum atomic E-state index is 13.0. The van der Waals surface area contributed by atoms with Gasteiger partial charge in [0.1, 0.15) is 23.9 Å². The molecule has 0 bridgehead atoms. The average molecular weight is 436 g/mol. The van der Waals surface area contributed by atoms with Crippen molar-refractivity contribution in [3.63, 3.8) is 0 Å². The number of benzene rings is 2. The van der Waals surface area contributed by atoms with Crippen LogP contribution in [0.3, 0.4) is 0 Å². The molecule has 9 heteroatoms. The minimum absolute atomic E-state index is 0.217. The van der Waals surface area contributed by atoms with Crippen LogP contribution < -0.4 is 25.3 Å². The van der Waals surface area contributed by atoms with Crippen molar-refractivity contribution in [2.45, 2.75) is 19.4 Å². The van der Waals surface area contributed by atoms with Crippen molar-refractivity contribution in [3.05, 3.63) is 54.4 Å². The number of hydrogen-bond donors (Lipinski definition) is 3. The minimum Gasteiger partial charge on any atom is -0.497 e. The summed E-state index contributed by atoms with van der Waals surface area (Å²) in [6, 6.07) is 10.8. The van der Waals surface area contributed by atoms with Crippen LogP contribution in [0.2, 0.25) is 0 Å². The zero-order valence-electron chi connectivity index (χ0n) is 17.8. The average Bonchev–Trinajstić information content (AvgIpc) is 3.34. The van der Waals surface area contributed by atoms with Gasteiger partial charge in [-0.25, -0.2) is 0 Å². The SMILES string of the molecule is COc1ccc2c(c1)C[C@@H](C(=O)Nc1ccc(-c3cn[nH]c3)cc1O[C@H](C)C(N)=O)CO2. The van der Waals surface area contributed by atoms with E-state index >= 15 is 0 Å². The highest BCUT2D eigenvalue weighted by Gasteiger charge is 2.27. The van der Waals surface area contributed by atoms with Crippen molar-refractivity contribution < 1.29 is 23.8 Å². The number of aromatic amines is 1. The van der Waals surface area contributed by atoms with E-state index in [0.29, 0.717) is 23.6 Å². The number of H-pyrrole nitrogens is 1. The Labute approximate surface area is 184 Å². The van der Waals surface area contributed by atoms with Gasteiger partial charge < -0.3 is 25.3 Å². The predicted molar refractivity (Wildman–Crippen MR) is 118 cm³/mol. The molecule has 2 aromatic carbocycles. The Morgan fingerprint density at radius 3 is 2.81 bits per heavy atom. The van der Waals surface area contributed by atoms with Crippen molar-refractivity contribution in [2.75, 3.05) is 19.0 Å². The number of ether oxygens (including phenoxy) is 3. The number of nitrogens with one attached hydrogen (secondary N) is 2. The number of nitrogens with zero attached hydrogens (tertiary/aromatic N) is 1. The van der Waals surface area contributed by atoms with Gasteiger partial charge >= 0.3 is 0 Å². The van der Waals surface area contributed by atoms with Crippen LogP contribution in [0.25, 0.3) is 11.1 Å². The molecule has 2 heterocycles. The third kappa shape index (κ3) is 4.51. The summed E-state index contributed by atoms with van der Waals surface area (Å²) in [6.45, 7) is 1.81. The quantitative estimate of drug-likeness (QED) is 0.522. The first-order valence-electron chi connectivity index (χ1n) is 10.1.